The lowest BCUT2D eigenvalue weighted by molar-refractivity contribution is 0.0988. The van der Waals surface area contributed by atoms with Crippen molar-refractivity contribution >= 4 is 23.2 Å². The molecule has 26 heavy (non-hydrogen) atoms. The third-order valence-corrected chi connectivity index (χ3v) is 4.75. The highest BCUT2D eigenvalue weighted by Gasteiger charge is 2.25. The molecule has 1 aromatic heterocycles. The summed E-state index contributed by atoms with van der Waals surface area (Å²) in [6, 6.07) is 14.1. The van der Waals surface area contributed by atoms with Crippen LogP contribution in [-0.4, -0.2) is 22.4 Å². The lowest BCUT2D eigenvalue weighted by Crippen LogP contribution is -2.29. The van der Waals surface area contributed by atoms with Crippen LogP contribution in [0.1, 0.15) is 27.0 Å². The van der Waals surface area contributed by atoms with Crippen molar-refractivity contribution < 1.29 is 4.79 Å². The van der Waals surface area contributed by atoms with Gasteiger partial charge in [0.1, 0.15) is 0 Å². The van der Waals surface area contributed by atoms with Crippen molar-refractivity contribution in [2.45, 2.75) is 20.3 Å². The van der Waals surface area contributed by atoms with Gasteiger partial charge in [0.2, 0.25) is 5.95 Å². The molecule has 0 aliphatic carbocycles. The minimum Gasteiger partial charge on any atom is -0.324 e. The molecule has 3 aromatic rings. The van der Waals surface area contributed by atoms with E-state index >= 15 is 0 Å². The molecular formula is C21H20N4O. The van der Waals surface area contributed by atoms with Crippen LogP contribution in [0.4, 0.5) is 17.3 Å². The Bertz CT molecular complexity index is 946. The number of aromatic nitrogens is 2. The molecule has 1 amide bonds. The topological polar surface area (TPSA) is 58.1 Å². The number of amides is 1. The normalized spacial score (nSPS) is 12.8. The number of benzene rings is 2. The van der Waals surface area contributed by atoms with Crippen molar-refractivity contribution in [2.24, 2.45) is 0 Å². The number of aryl methyl sites for hydroxylation is 2. The van der Waals surface area contributed by atoms with Crippen LogP contribution in [0.15, 0.2) is 54.9 Å². The van der Waals surface area contributed by atoms with Crippen LogP contribution in [0, 0.1) is 13.8 Å². The Morgan fingerprint density at radius 2 is 1.69 bits per heavy atom. The van der Waals surface area contributed by atoms with Gasteiger partial charge in [-0.15, -0.1) is 0 Å². The molecule has 1 N–H and O–H groups in total. The fourth-order valence-corrected chi connectivity index (χ4v) is 3.33. The fraction of sp³-hybridized carbons (Fsp3) is 0.190. The van der Waals surface area contributed by atoms with Crippen LogP contribution in [0.25, 0.3) is 0 Å². The molecule has 2 aromatic carbocycles. The van der Waals surface area contributed by atoms with E-state index in [2.05, 4.69) is 21.4 Å². The minimum absolute atomic E-state index is 0.0615. The number of hydrogen-bond acceptors (Lipinski definition) is 4. The lowest BCUT2D eigenvalue weighted by atomic mass is 10.1. The fourth-order valence-electron chi connectivity index (χ4n) is 3.33. The molecule has 5 heteroatoms. The van der Waals surface area contributed by atoms with Gasteiger partial charge in [-0.1, -0.05) is 36.4 Å². The molecule has 0 saturated heterocycles. The Balaban J connectivity index is 1.54. The first kappa shape index (κ1) is 16.3. The SMILES string of the molecule is Cc1cccc(C)c1Nc1ncc(C(=O)N2CCc3ccccc32)cn1. The third-order valence-electron chi connectivity index (χ3n) is 4.75. The quantitative estimate of drug-likeness (QED) is 0.779. The van der Waals surface area contributed by atoms with Gasteiger partial charge in [-0.2, -0.15) is 0 Å². The molecule has 0 saturated carbocycles. The van der Waals surface area contributed by atoms with Crippen molar-refractivity contribution in [3.8, 4) is 0 Å². The predicted octanol–water partition coefficient (Wildman–Crippen LogP) is 4.04. The Morgan fingerprint density at radius 1 is 1.00 bits per heavy atom. The molecule has 0 bridgehead atoms. The van der Waals surface area contributed by atoms with Gasteiger partial charge in [0.15, 0.2) is 0 Å². The summed E-state index contributed by atoms with van der Waals surface area (Å²) >= 11 is 0. The first-order valence-electron chi connectivity index (χ1n) is 8.68. The number of nitrogens with one attached hydrogen (secondary N) is 1. The molecule has 2 heterocycles. The number of carbonyl (C=O) groups is 1. The summed E-state index contributed by atoms with van der Waals surface area (Å²) in [5, 5.41) is 3.24. The molecule has 0 spiro atoms. The summed E-state index contributed by atoms with van der Waals surface area (Å²) in [5.74, 6) is 0.425. The summed E-state index contributed by atoms with van der Waals surface area (Å²) in [6.45, 7) is 4.77. The van der Waals surface area contributed by atoms with E-state index in [0.29, 0.717) is 18.1 Å². The Kier molecular flexibility index (Phi) is 4.13. The van der Waals surface area contributed by atoms with Gasteiger partial charge in [-0.25, -0.2) is 9.97 Å². The van der Waals surface area contributed by atoms with Crippen LogP contribution >= 0.6 is 0 Å². The average Bonchev–Trinajstić information content (AvgIpc) is 3.09. The van der Waals surface area contributed by atoms with E-state index < -0.39 is 0 Å². The minimum atomic E-state index is -0.0615. The first-order valence-corrected chi connectivity index (χ1v) is 8.68. The summed E-state index contributed by atoms with van der Waals surface area (Å²) < 4.78 is 0. The van der Waals surface area contributed by atoms with Gasteiger partial charge >= 0.3 is 0 Å². The molecule has 5 nitrogen and oxygen atoms in total. The number of carbonyl (C=O) groups excluding carboxylic acids is 1. The molecule has 0 radical (unpaired) electrons. The van der Waals surface area contributed by atoms with Crippen LogP contribution in [0.3, 0.4) is 0 Å². The van der Waals surface area contributed by atoms with Crippen molar-refractivity contribution in [3.05, 3.63) is 77.1 Å². The number of para-hydroxylation sites is 2. The van der Waals surface area contributed by atoms with Crippen LogP contribution in [-0.2, 0) is 6.42 Å². The predicted molar refractivity (Wildman–Crippen MR) is 103 cm³/mol. The number of rotatable bonds is 3. The average molecular weight is 344 g/mol. The van der Waals surface area contributed by atoms with E-state index in [0.717, 1.165) is 28.9 Å². The highest BCUT2D eigenvalue weighted by Crippen LogP contribution is 2.29. The maximum atomic E-state index is 12.8. The summed E-state index contributed by atoms with van der Waals surface area (Å²) in [4.78, 5) is 23.3. The summed E-state index contributed by atoms with van der Waals surface area (Å²) in [6.07, 6.45) is 4.06. The zero-order chi connectivity index (χ0) is 18.1. The Labute approximate surface area is 152 Å². The highest BCUT2D eigenvalue weighted by atomic mass is 16.2. The zero-order valence-electron chi connectivity index (χ0n) is 14.9. The van der Waals surface area contributed by atoms with E-state index in [-0.39, 0.29) is 5.91 Å². The van der Waals surface area contributed by atoms with Crippen molar-refractivity contribution in [1.29, 1.82) is 0 Å². The van der Waals surface area contributed by atoms with Crippen LogP contribution in [0.2, 0.25) is 0 Å². The van der Waals surface area contributed by atoms with Crippen LogP contribution < -0.4 is 10.2 Å². The number of nitrogens with zero attached hydrogens (tertiary/aromatic N) is 3. The highest BCUT2D eigenvalue weighted by molar-refractivity contribution is 6.07. The molecule has 0 unspecified atom stereocenters. The largest absolute Gasteiger partial charge is 0.324 e. The van der Waals surface area contributed by atoms with E-state index in [1.54, 1.807) is 17.3 Å². The Morgan fingerprint density at radius 3 is 2.42 bits per heavy atom. The second kappa shape index (κ2) is 6.59. The molecule has 4 rings (SSSR count). The number of fused-ring (bicyclic) bond motifs is 1. The van der Waals surface area contributed by atoms with E-state index in [1.165, 1.54) is 5.56 Å². The second-order valence-corrected chi connectivity index (χ2v) is 6.52. The van der Waals surface area contributed by atoms with Gasteiger partial charge in [0, 0.05) is 30.3 Å². The molecule has 130 valence electrons. The van der Waals surface area contributed by atoms with E-state index in [1.807, 2.05) is 50.2 Å². The van der Waals surface area contributed by atoms with Gasteiger partial charge in [-0.3, -0.25) is 4.79 Å². The number of hydrogen-bond donors (Lipinski definition) is 1. The van der Waals surface area contributed by atoms with Gasteiger partial charge < -0.3 is 10.2 Å². The van der Waals surface area contributed by atoms with Crippen LogP contribution in [0.5, 0.6) is 0 Å². The van der Waals surface area contributed by atoms with Gasteiger partial charge in [-0.05, 0) is 43.0 Å². The smallest absolute Gasteiger partial charge is 0.261 e. The maximum Gasteiger partial charge on any atom is 0.261 e. The maximum absolute atomic E-state index is 12.8. The standard InChI is InChI=1S/C21H20N4O/c1-14-6-5-7-15(2)19(14)24-21-22-12-17(13-23-21)20(26)25-11-10-16-8-3-4-9-18(16)25/h3-9,12-13H,10-11H2,1-2H3,(H,22,23,24). The van der Waals surface area contributed by atoms with Gasteiger partial charge in [0.25, 0.3) is 5.91 Å². The van der Waals surface area contributed by atoms with Gasteiger partial charge in [0.05, 0.1) is 5.56 Å². The summed E-state index contributed by atoms with van der Waals surface area (Å²) in [7, 11) is 0. The molecular weight excluding hydrogens is 324 g/mol. The molecule has 0 fully saturated rings. The van der Waals surface area contributed by atoms with Crippen molar-refractivity contribution in [2.75, 3.05) is 16.8 Å². The van der Waals surface area contributed by atoms with E-state index in [4.69, 9.17) is 0 Å². The van der Waals surface area contributed by atoms with E-state index in [9.17, 15) is 4.79 Å². The molecule has 0 atom stereocenters. The monoisotopic (exact) mass is 344 g/mol. The second-order valence-electron chi connectivity index (χ2n) is 6.52. The molecule has 1 aliphatic heterocycles. The Hall–Kier alpha value is -3.21. The summed E-state index contributed by atoms with van der Waals surface area (Å²) in [5.41, 5.74) is 5.93. The third kappa shape index (κ3) is 2.92. The zero-order valence-corrected chi connectivity index (χ0v) is 14.9. The molecule has 1 aliphatic rings. The van der Waals surface area contributed by atoms with Crippen molar-refractivity contribution in [3.63, 3.8) is 0 Å². The first-order chi connectivity index (χ1) is 12.6. The lowest BCUT2D eigenvalue weighted by Gasteiger charge is -2.17. The number of anilines is 3. The van der Waals surface area contributed by atoms with Crippen molar-refractivity contribution in [1.82, 2.24) is 9.97 Å².